The molecule has 2 heterocycles. The highest BCUT2D eigenvalue weighted by molar-refractivity contribution is 5.97. The Hall–Kier alpha value is -2.69. The molecular weight excluding hydrogens is 343 g/mol. The molecule has 0 radical (unpaired) electrons. The average Bonchev–Trinajstić information content (AvgIpc) is 3.13. The molecule has 140 valence electrons. The summed E-state index contributed by atoms with van der Waals surface area (Å²) in [7, 11) is 0. The summed E-state index contributed by atoms with van der Waals surface area (Å²) in [4.78, 5) is 29.1. The number of carbonyl (C=O) groups excluding carboxylic acids is 2. The lowest BCUT2D eigenvalue weighted by Crippen LogP contribution is -2.44. The highest BCUT2D eigenvalue weighted by Gasteiger charge is 2.33. The van der Waals surface area contributed by atoms with Crippen molar-refractivity contribution in [3.63, 3.8) is 0 Å². The van der Waals surface area contributed by atoms with Crippen LogP contribution in [0.1, 0.15) is 24.0 Å². The number of piperidine rings is 1. The lowest BCUT2D eigenvalue weighted by molar-refractivity contribution is -0.134. The van der Waals surface area contributed by atoms with E-state index in [9.17, 15) is 14.0 Å². The van der Waals surface area contributed by atoms with E-state index in [1.54, 1.807) is 23.1 Å². The molecule has 2 amide bonds. The van der Waals surface area contributed by atoms with E-state index in [1.807, 2.05) is 23.1 Å². The van der Waals surface area contributed by atoms with Crippen LogP contribution in [0.3, 0.4) is 0 Å². The topological polar surface area (TPSA) is 40.6 Å². The van der Waals surface area contributed by atoms with Gasteiger partial charge in [-0.15, -0.1) is 0 Å². The minimum atomic E-state index is -0.344. The molecule has 4 nitrogen and oxygen atoms in total. The van der Waals surface area contributed by atoms with Crippen LogP contribution in [0.25, 0.3) is 0 Å². The number of nitrogens with zero attached hydrogens (tertiary/aromatic N) is 2. The highest BCUT2D eigenvalue weighted by Crippen LogP contribution is 2.31. The van der Waals surface area contributed by atoms with E-state index in [-0.39, 0.29) is 30.0 Å². The number of anilines is 1. The summed E-state index contributed by atoms with van der Waals surface area (Å²) in [6, 6.07) is 14.4. The quantitative estimate of drug-likeness (QED) is 0.837. The summed E-state index contributed by atoms with van der Waals surface area (Å²) in [5.41, 5.74) is 2.68. The van der Waals surface area contributed by atoms with Crippen molar-refractivity contribution in [2.45, 2.75) is 25.7 Å². The molecular formula is C22H23FN2O2. The molecule has 0 aromatic heterocycles. The molecule has 2 aliphatic heterocycles. The van der Waals surface area contributed by atoms with Gasteiger partial charge in [-0.1, -0.05) is 36.4 Å². The van der Waals surface area contributed by atoms with Crippen LogP contribution < -0.4 is 4.90 Å². The summed E-state index contributed by atoms with van der Waals surface area (Å²) in [5.74, 6) is -0.295. The molecule has 27 heavy (non-hydrogen) atoms. The van der Waals surface area contributed by atoms with E-state index >= 15 is 0 Å². The molecule has 4 rings (SSSR count). The number of benzene rings is 2. The van der Waals surface area contributed by atoms with Crippen molar-refractivity contribution < 1.29 is 14.0 Å². The molecule has 0 aliphatic carbocycles. The van der Waals surface area contributed by atoms with Crippen molar-refractivity contribution in [2.75, 3.05) is 24.5 Å². The van der Waals surface area contributed by atoms with Gasteiger partial charge in [0.25, 0.3) is 0 Å². The van der Waals surface area contributed by atoms with Crippen molar-refractivity contribution in [3.05, 3.63) is 65.5 Å². The number of fused-ring (bicyclic) bond motifs is 1. The Morgan fingerprint density at radius 3 is 2.44 bits per heavy atom. The Kier molecular flexibility index (Phi) is 4.92. The number of para-hydroxylation sites is 1. The van der Waals surface area contributed by atoms with Gasteiger partial charge in [0, 0.05) is 31.2 Å². The van der Waals surface area contributed by atoms with E-state index in [4.69, 9.17) is 0 Å². The Bertz CT molecular complexity index is 859. The third-order valence-electron chi connectivity index (χ3n) is 5.65. The van der Waals surface area contributed by atoms with Crippen molar-refractivity contribution in [1.82, 2.24) is 4.90 Å². The summed E-state index contributed by atoms with van der Waals surface area (Å²) in [6.45, 7) is 1.85. The lowest BCUT2D eigenvalue weighted by Gasteiger charge is -2.33. The van der Waals surface area contributed by atoms with Crippen molar-refractivity contribution in [3.8, 4) is 0 Å². The Morgan fingerprint density at radius 1 is 0.963 bits per heavy atom. The Labute approximate surface area is 158 Å². The van der Waals surface area contributed by atoms with Gasteiger partial charge in [0.1, 0.15) is 5.82 Å². The fourth-order valence-electron chi connectivity index (χ4n) is 4.08. The fraction of sp³-hybridized carbons (Fsp3) is 0.364. The minimum absolute atomic E-state index is 0.0475. The summed E-state index contributed by atoms with van der Waals surface area (Å²) >= 11 is 0. The second-order valence-corrected chi connectivity index (χ2v) is 7.29. The van der Waals surface area contributed by atoms with Crippen LogP contribution in [0.2, 0.25) is 0 Å². The second kappa shape index (κ2) is 7.51. The molecule has 0 bridgehead atoms. The number of rotatable bonds is 3. The van der Waals surface area contributed by atoms with Gasteiger partial charge >= 0.3 is 0 Å². The first-order valence-corrected chi connectivity index (χ1v) is 9.54. The zero-order chi connectivity index (χ0) is 18.8. The van der Waals surface area contributed by atoms with Gasteiger partial charge in [0.2, 0.25) is 11.8 Å². The van der Waals surface area contributed by atoms with Gasteiger partial charge in [0.05, 0.1) is 6.42 Å². The average molecular weight is 366 g/mol. The number of likely N-dealkylation sites (tertiary alicyclic amines) is 1. The molecule has 1 saturated heterocycles. The zero-order valence-electron chi connectivity index (χ0n) is 15.2. The number of amides is 2. The van der Waals surface area contributed by atoms with Crippen LogP contribution in [0.5, 0.6) is 0 Å². The van der Waals surface area contributed by atoms with Crippen LogP contribution in [0, 0.1) is 11.7 Å². The van der Waals surface area contributed by atoms with E-state index in [2.05, 4.69) is 6.07 Å². The van der Waals surface area contributed by atoms with E-state index in [0.717, 1.165) is 18.7 Å². The van der Waals surface area contributed by atoms with Crippen molar-refractivity contribution in [1.29, 1.82) is 0 Å². The Balaban J connectivity index is 1.34. The van der Waals surface area contributed by atoms with Gasteiger partial charge in [-0.2, -0.15) is 0 Å². The molecule has 0 spiro atoms. The molecule has 2 aromatic carbocycles. The predicted octanol–water partition coefficient (Wildman–Crippen LogP) is 3.20. The highest BCUT2D eigenvalue weighted by atomic mass is 19.1. The molecule has 5 heteroatoms. The summed E-state index contributed by atoms with van der Waals surface area (Å²) in [5, 5.41) is 0. The molecule has 0 unspecified atom stereocenters. The van der Waals surface area contributed by atoms with Crippen molar-refractivity contribution >= 4 is 17.5 Å². The second-order valence-electron chi connectivity index (χ2n) is 7.29. The zero-order valence-corrected chi connectivity index (χ0v) is 15.2. The fourth-order valence-corrected chi connectivity index (χ4v) is 4.08. The maximum atomic E-state index is 13.8. The van der Waals surface area contributed by atoms with Gasteiger partial charge in [-0.25, -0.2) is 4.39 Å². The number of hydrogen-bond donors (Lipinski definition) is 0. The first-order chi connectivity index (χ1) is 13.1. The first-order valence-electron chi connectivity index (χ1n) is 9.54. The number of hydrogen-bond acceptors (Lipinski definition) is 2. The molecule has 1 fully saturated rings. The minimum Gasteiger partial charge on any atom is -0.342 e. The maximum Gasteiger partial charge on any atom is 0.230 e. The third-order valence-corrected chi connectivity index (χ3v) is 5.65. The molecule has 0 N–H and O–H groups in total. The van der Waals surface area contributed by atoms with Gasteiger partial charge in [-0.3, -0.25) is 9.59 Å². The van der Waals surface area contributed by atoms with Crippen molar-refractivity contribution in [2.24, 2.45) is 5.92 Å². The van der Waals surface area contributed by atoms with Crippen LogP contribution in [-0.2, 0) is 22.4 Å². The third kappa shape index (κ3) is 3.59. The predicted molar refractivity (Wildman–Crippen MR) is 102 cm³/mol. The number of carbonyl (C=O) groups is 2. The Morgan fingerprint density at radius 2 is 1.67 bits per heavy atom. The first kappa shape index (κ1) is 17.7. The van der Waals surface area contributed by atoms with Crippen LogP contribution in [0.4, 0.5) is 10.1 Å². The van der Waals surface area contributed by atoms with E-state index in [1.165, 1.54) is 11.6 Å². The van der Waals surface area contributed by atoms with Gasteiger partial charge < -0.3 is 9.80 Å². The molecule has 2 aromatic rings. The van der Waals surface area contributed by atoms with Crippen LogP contribution in [0.15, 0.2) is 48.5 Å². The van der Waals surface area contributed by atoms with E-state index in [0.29, 0.717) is 31.5 Å². The van der Waals surface area contributed by atoms with Gasteiger partial charge in [0.15, 0.2) is 0 Å². The largest absolute Gasteiger partial charge is 0.342 e. The molecule has 2 aliphatic rings. The number of halogens is 1. The maximum absolute atomic E-state index is 13.8. The van der Waals surface area contributed by atoms with Crippen LogP contribution in [-0.4, -0.2) is 36.3 Å². The summed E-state index contributed by atoms with van der Waals surface area (Å²) in [6.07, 6.45) is 2.31. The summed E-state index contributed by atoms with van der Waals surface area (Å²) < 4.78 is 13.8. The SMILES string of the molecule is O=C(Cc1ccccc1F)N1CCC(C(=O)N2CCc3ccccc32)CC1. The smallest absolute Gasteiger partial charge is 0.230 e. The monoisotopic (exact) mass is 366 g/mol. The lowest BCUT2D eigenvalue weighted by atomic mass is 9.94. The standard InChI is InChI=1S/C22H23FN2O2/c23-19-7-3-1-6-18(19)15-21(26)24-12-9-17(10-13-24)22(27)25-14-11-16-5-2-4-8-20(16)25/h1-8,17H,9-15H2. The molecule has 0 saturated carbocycles. The van der Waals surface area contributed by atoms with Gasteiger partial charge in [-0.05, 0) is 42.5 Å². The normalized spacial score (nSPS) is 17.1. The van der Waals surface area contributed by atoms with Crippen LogP contribution >= 0.6 is 0 Å². The van der Waals surface area contributed by atoms with E-state index < -0.39 is 0 Å². The molecule has 0 atom stereocenters.